The van der Waals surface area contributed by atoms with E-state index in [1.807, 2.05) is 6.07 Å². The van der Waals surface area contributed by atoms with Crippen LogP contribution in [0.25, 0.3) is 11.3 Å². The molecule has 142 valence electrons. The number of aromatic nitrogens is 4. The van der Waals surface area contributed by atoms with Gasteiger partial charge in [0.25, 0.3) is 0 Å². The van der Waals surface area contributed by atoms with Crippen LogP contribution in [-0.2, 0) is 4.74 Å². The number of nitrogens with zero attached hydrogens (tertiary/aromatic N) is 6. The minimum atomic E-state index is 0.271. The molecule has 3 aliphatic heterocycles. The van der Waals surface area contributed by atoms with Gasteiger partial charge in [-0.3, -0.25) is 0 Å². The van der Waals surface area contributed by atoms with Crippen molar-refractivity contribution in [2.24, 2.45) is 5.92 Å². The Morgan fingerprint density at radius 2 is 1.93 bits per heavy atom. The second-order valence-corrected chi connectivity index (χ2v) is 7.91. The van der Waals surface area contributed by atoms with Crippen LogP contribution in [0.2, 0.25) is 0 Å². The first-order valence-corrected chi connectivity index (χ1v) is 9.76. The second-order valence-electron chi connectivity index (χ2n) is 7.91. The van der Waals surface area contributed by atoms with Crippen LogP contribution in [0.5, 0.6) is 0 Å². The molecule has 3 fully saturated rings. The molecule has 0 aliphatic carbocycles. The van der Waals surface area contributed by atoms with Crippen LogP contribution >= 0.6 is 0 Å². The fourth-order valence-electron chi connectivity index (χ4n) is 4.22. The average Bonchev–Trinajstić information content (AvgIpc) is 3.32. The lowest BCUT2D eigenvalue weighted by Gasteiger charge is -2.32. The average molecular weight is 367 g/mol. The summed E-state index contributed by atoms with van der Waals surface area (Å²) >= 11 is 0. The number of morpholine rings is 1. The predicted octanol–water partition coefficient (Wildman–Crippen LogP) is 1.73. The number of fused-ring (bicyclic) bond motifs is 2. The molecule has 8 nitrogen and oxygen atoms in total. The van der Waals surface area contributed by atoms with Crippen molar-refractivity contribution in [3.8, 4) is 11.3 Å². The lowest BCUT2D eigenvalue weighted by Crippen LogP contribution is -2.38. The van der Waals surface area contributed by atoms with Gasteiger partial charge in [-0.1, -0.05) is 6.92 Å². The molecule has 3 saturated heterocycles. The number of nitrogen functional groups attached to an aromatic ring is 1. The highest BCUT2D eigenvalue weighted by atomic mass is 16.5. The Morgan fingerprint density at radius 3 is 2.59 bits per heavy atom. The summed E-state index contributed by atoms with van der Waals surface area (Å²) in [5.74, 6) is 2.81. The van der Waals surface area contributed by atoms with E-state index in [2.05, 4.69) is 26.7 Å². The Labute approximate surface area is 158 Å². The van der Waals surface area contributed by atoms with E-state index >= 15 is 0 Å². The monoisotopic (exact) mass is 367 g/mol. The Hall–Kier alpha value is -2.48. The standard InChI is InChI=1S/C19H25N7O/c1-12-2-4-25(5-3-12)19-23-16(13-8-21-18(20)22-9-13)7-17(24-19)26-10-15-6-14(26)11-27-15/h7-9,12,14-15H,2-6,10-11H2,1H3,(H2,20,21,22)/t14-,15-/m0/s1. The molecule has 0 spiro atoms. The van der Waals surface area contributed by atoms with Crippen molar-refractivity contribution in [3.05, 3.63) is 18.5 Å². The molecule has 8 heteroatoms. The minimum Gasteiger partial charge on any atom is -0.374 e. The SMILES string of the molecule is CC1CCN(c2nc(-c3cnc(N)nc3)cc(N3C[C@@H]4C[C@H]3CO4)n2)CC1. The molecule has 27 heavy (non-hydrogen) atoms. The van der Waals surface area contributed by atoms with Crippen molar-refractivity contribution in [3.63, 3.8) is 0 Å². The van der Waals surface area contributed by atoms with Crippen molar-refractivity contribution in [1.29, 1.82) is 0 Å². The van der Waals surface area contributed by atoms with Crippen molar-refractivity contribution < 1.29 is 4.74 Å². The number of piperidine rings is 1. The first-order chi connectivity index (χ1) is 13.2. The second kappa shape index (κ2) is 6.60. The summed E-state index contributed by atoms with van der Waals surface area (Å²) in [5, 5.41) is 0. The molecular weight excluding hydrogens is 342 g/mol. The highest BCUT2D eigenvalue weighted by Crippen LogP contribution is 2.34. The number of rotatable bonds is 3. The molecule has 0 aromatic carbocycles. The third-order valence-electron chi connectivity index (χ3n) is 5.93. The van der Waals surface area contributed by atoms with Crippen LogP contribution in [0.3, 0.4) is 0 Å². The summed E-state index contributed by atoms with van der Waals surface area (Å²) in [6, 6.07) is 2.46. The van der Waals surface area contributed by atoms with Crippen molar-refractivity contribution in [2.75, 3.05) is 41.8 Å². The molecule has 2 aromatic heterocycles. The minimum absolute atomic E-state index is 0.271. The van der Waals surface area contributed by atoms with Gasteiger partial charge in [0, 0.05) is 43.7 Å². The van der Waals surface area contributed by atoms with Crippen LogP contribution in [0.15, 0.2) is 18.5 Å². The van der Waals surface area contributed by atoms with E-state index in [1.54, 1.807) is 12.4 Å². The highest BCUT2D eigenvalue weighted by molar-refractivity contribution is 5.64. The molecule has 2 atom stereocenters. The molecule has 2 bridgehead atoms. The number of nitrogens with two attached hydrogens (primary N) is 1. The largest absolute Gasteiger partial charge is 0.374 e. The van der Waals surface area contributed by atoms with Gasteiger partial charge in [-0.15, -0.1) is 0 Å². The molecule has 2 N–H and O–H groups in total. The van der Waals surface area contributed by atoms with Gasteiger partial charge in [0.2, 0.25) is 11.9 Å². The Balaban J connectivity index is 1.53. The van der Waals surface area contributed by atoms with E-state index in [4.69, 9.17) is 20.4 Å². The predicted molar refractivity (Wildman–Crippen MR) is 104 cm³/mol. The van der Waals surface area contributed by atoms with Crippen LogP contribution in [0.4, 0.5) is 17.7 Å². The highest BCUT2D eigenvalue weighted by Gasteiger charge is 2.40. The summed E-state index contributed by atoms with van der Waals surface area (Å²) in [5.41, 5.74) is 7.36. The normalized spacial score (nSPS) is 25.4. The Kier molecular flexibility index (Phi) is 4.07. The summed E-state index contributed by atoms with van der Waals surface area (Å²) in [6.07, 6.45) is 7.23. The number of ether oxygens (including phenoxy) is 1. The van der Waals surface area contributed by atoms with Gasteiger partial charge < -0.3 is 20.3 Å². The van der Waals surface area contributed by atoms with Crippen LogP contribution in [0, 0.1) is 5.92 Å². The fourth-order valence-corrected chi connectivity index (χ4v) is 4.22. The third-order valence-corrected chi connectivity index (χ3v) is 5.93. The van der Waals surface area contributed by atoms with Gasteiger partial charge in [-0.25, -0.2) is 15.0 Å². The topological polar surface area (TPSA) is 93.3 Å². The summed E-state index contributed by atoms with van der Waals surface area (Å²) in [6.45, 7) is 5.99. The Morgan fingerprint density at radius 1 is 1.15 bits per heavy atom. The summed E-state index contributed by atoms with van der Waals surface area (Å²) < 4.78 is 5.76. The van der Waals surface area contributed by atoms with Gasteiger partial charge >= 0.3 is 0 Å². The van der Waals surface area contributed by atoms with Gasteiger partial charge in [0.1, 0.15) is 5.82 Å². The molecule has 0 radical (unpaired) electrons. The van der Waals surface area contributed by atoms with Crippen molar-refractivity contribution in [1.82, 2.24) is 19.9 Å². The van der Waals surface area contributed by atoms with Crippen molar-refractivity contribution >= 4 is 17.7 Å². The quantitative estimate of drug-likeness (QED) is 0.877. The Bertz CT molecular complexity index is 819. The van der Waals surface area contributed by atoms with Crippen LogP contribution in [0.1, 0.15) is 26.2 Å². The molecule has 5 rings (SSSR count). The zero-order valence-corrected chi connectivity index (χ0v) is 15.6. The molecule has 5 heterocycles. The molecule has 0 unspecified atom stereocenters. The van der Waals surface area contributed by atoms with Gasteiger partial charge in [-0.2, -0.15) is 4.98 Å². The van der Waals surface area contributed by atoms with Gasteiger partial charge in [0.05, 0.1) is 24.4 Å². The molecule has 0 saturated carbocycles. The fraction of sp³-hybridized carbons (Fsp3) is 0.579. The molecular formula is C19H25N7O. The van der Waals surface area contributed by atoms with E-state index in [0.717, 1.165) is 61.6 Å². The van der Waals surface area contributed by atoms with Gasteiger partial charge in [-0.05, 0) is 25.2 Å². The first kappa shape index (κ1) is 16.7. The number of anilines is 3. The van der Waals surface area contributed by atoms with Crippen molar-refractivity contribution in [2.45, 2.75) is 38.3 Å². The molecule has 2 aromatic rings. The maximum Gasteiger partial charge on any atom is 0.227 e. The van der Waals surface area contributed by atoms with Crippen LogP contribution < -0.4 is 15.5 Å². The summed E-state index contributed by atoms with van der Waals surface area (Å²) in [4.78, 5) is 22.7. The first-order valence-electron chi connectivity index (χ1n) is 9.76. The van der Waals surface area contributed by atoms with E-state index in [9.17, 15) is 0 Å². The zero-order chi connectivity index (χ0) is 18.4. The smallest absolute Gasteiger partial charge is 0.227 e. The maximum atomic E-state index is 5.76. The molecule has 0 amide bonds. The van der Waals surface area contributed by atoms with E-state index in [-0.39, 0.29) is 5.95 Å². The van der Waals surface area contributed by atoms with E-state index in [1.165, 1.54) is 12.8 Å². The summed E-state index contributed by atoms with van der Waals surface area (Å²) in [7, 11) is 0. The van der Waals surface area contributed by atoms with Gasteiger partial charge in [0.15, 0.2) is 0 Å². The van der Waals surface area contributed by atoms with Crippen LogP contribution in [-0.4, -0.2) is 58.3 Å². The number of hydrogen-bond donors (Lipinski definition) is 1. The van der Waals surface area contributed by atoms with E-state index < -0.39 is 0 Å². The zero-order valence-electron chi connectivity index (χ0n) is 15.6. The van der Waals surface area contributed by atoms with E-state index in [0.29, 0.717) is 12.1 Å². The lowest BCUT2D eigenvalue weighted by molar-refractivity contribution is 0.0989. The third kappa shape index (κ3) is 3.18. The lowest BCUT2D eigenvalue weighted by atomic mass is 10.00. The molecule has 3 aliphatic rings. The number of hydrogen-bond acceptors (Lipinski definition) is 8. The maximum absolute atomic E-state index is 5.76.